The first-order valence-corrected chi connectivity index (χ1v) is 9.06. The van der Waals surface area contributed by atoms with Crippen molar-refractivity contribution < 1.29 is 4.74 Å². The highest BCUT2D eigenvalue weighted by molar-refractivity contribution is 5.36. The van der Waals surface area contributed by atoms with Crippen LogP contribution < -0.4 is 4.90 Å². The molecule has 3 heterocycles. The minimum absolute atomic E-state index is 0.169. The smallest absolute Gasteiger partial charge is 0.151 e. The van der Waals surface area contributed by atoms with Crippen molar-refractivity contribution in [2.75, 3.05) is 37.7 Å². The summed E-state index contributed by atoms with van der Waals surface area (Å²) in [4.78, 5) is 4.64. The number of hydrogen-bond donors (Lipinski definition) is 0. The monoisotopic (exact) mass is 344 g/mol. The molecule has 3 rings (SSSR count). The van der Waals surface area contributed by atoms with Crippen LogP contribution in [0.5, 0.6) is 0 Å². The minimum Gasteiger partial charge on any atom is -0.374 e. The first kappa shape index (κ1) is 17.8. The largest absolute Gasteiger partial charge is 0.374 e. The van der Waals surface area contributed by atoms with Crippen LogP contribution in [0.25, 0.3) is 0 Å². The number of nitrogens with zero attached hydrogens (tertiary/aromatic N) is 6. The van der Waals surface area contributed by atoms with Gasteiger partial charge in [0.05, 0.1) is 18.4 Å². The van der Waals surface area contributed by atoms with Crippen LogP contribution in [0, 0.1) is 0 Å². The zero-order valence-corrected chi connectivity index (χ0v) is 15.4. The lowest BCUT2D eigenvalue weighted by Crippen LogP contribution is -2.47. The second kappa shape index (κ2) is 8.40. The molecule has 0 spiro atoms. The molecule has 0 aromatic carbocycles. The van der Waals surface area contributed by atoms with Gasteiger partial charge in [0.15, 0.2) is 5.82 Å². The number of rotatable bonds is 7. The van der Waals surface area contributed by atoms with Crippen molar-refractivity contribution >= 4 is 5.82 Å². The highest BCUT2D eigenvalue weighted by Gasteiger charge is 2.23. The molecule has 0 radical (unpaired) electrons. The zero-order chi connectivity index (χ0) is 17.6. The average Bonchev–Trinajstić information content (AvgIpc) is 3.09. The van der Waals surface area contributed by atoms with Gasteiger partial charge in [-0.2, -0.15) is 10.2 Å². The van der Waals surface area contributed by atoms with Gasteiger partial charge in [-0.25, -0.2) is 0 Å². The lowest BCUT2D eigenvalue weighted by molar-refractivity contribution is -0.0272. The maximum absolute atomic E-state index is 5.99. The Kier molecular flexibility index (Phi) is 5.99. The summed E-state index contributed by atoms with van der Waals surface area (Å²) in [7, 11) is 0. The third kappa shape index (κ3) is 4.76. The fourth-order valence-electron chi connectivity index (χ4n) is 3.11. The second-order valence-corrected chi connectivity index (χ2v) is 6.73. The fourth-order valence-corrected chi connectivity index (χ4v) is 3.11. The number of aromatic nitrogens is 4. The summed E-state index contributed by atoms with van der Waals surface area (Å²) in [6.45, 7) is 11.6. The van der Waals surface area contributed by atoms with E-state index in [1.807, 2.05) is 16.8 Å². The molecule has 2 aromatic heterocycles. The van der Waals surface area contributed by atoms with Crippen LogP contribution in [0.2, 0.25) is 0 Å². The van der Waals surface area contributed by atoms with E-state index in [1.54, 1.807) is 6.20 Å². The summed E-state index contributed by atoms with van der Waals surface area (Å²) >= 11 is 0. The molecule has 1 saturated heterocycles. The predicted molar refractivity (Wildman–Crippen MR) is 97.5 cm³/mol. The van der Waals surface area contributed by atoms with Crippen LogP contribution in [-0.4, -0.2) is 63.8 Å². The highest BCUT2D eigenvalue weighted by atomic mass is 16.5. The van der Waals surface area contributed by atoms with Gasteiger partial charge in [-0.05, 0) is 39.0 Å². The zero-order valence-electron chi connectivity index (χ0n) is 15.4. The number of hydrogen-bond acceptors (Lipinski definition) is 6. The maximum atomic E-state index is 5.99. The van der Waals surface area contributed by atoms with E-state index in [0.717, 1.165) is 50.8 Å². The maximum Gasteiger partial charge on any atom is 0.151 e. The minimum atomic E-state index is 0.169. The molecule has 0 bridgehead atoms. The van der Waals surface area contributed by atoms with Crippen LogP contribution in [0.15, 0.2) is 30.6 Å². The molecule has 1 aliphatic rings. The Morgan fingerprint density at radius 2 is 2.24 bits per heavy atom. The van der Waals surface area contributed by atoms with Crippen molar-refractivity contribution in [1.29, 1.82) is 0 Å². The first-order chi connectivity index (χ1) is 12.2. The van der Waals surface area contributed by atoms with Crippen molar-refractivity contribution in [1.82, 2.24) is 24.9 Å². The number of anilines is 1. The Labute approximate surface area is 149 Å². The van der Waals surface area contributed by atoms with Crippen LogP contribution in [0.3, 0.4) is 0 Å². The van der Waals surface area contributed by atoms with Crippen molar-refractivity contribution in [2.45, 2.75) is 39.5 Å². The van der Waals surface area contributed by atoms with Crippen LogP contribution >= 0.6 is 0 Å². The molecule has 0 amide bonds. The summed E-state index contributed by atoms with van der Waals surface area (Å²) in [5.74, 6) is 0.904. The van der Waals surface area contributed by atoms with Gasteiger partial charge in [-0.3, -0.25) is 9.58 Å². The van der Waals surface area contributed by atoms with Gasteiger partial charge in [0.1, 0.15) is 0 Å². The van der Waals surface area contributed by atoms with E-state index in [4.69, 9.17) is 4.74 Å². The lowest BCUT2D eigenvalue weighted by Gasteiger charge is -2.35. The van der Waals surface area contributed by atoms with Gasteiger partial charge in [0.25, 0.3) is 0 Å². The highest BCUT2D eigenvalue weighted by Crippen LogP contribution is 2.14. The Morgan fingerprint density at radius 1 is 1.36 bits per heavy atom. The van der Waals surface area contributed by atoms with E-state index in [1.165, 1.54) is 0 Å². The Bertz CT molecular complexity index is 644. The molecule has 2 aromatic rings. The summed E-state index contributed by atoms with van der Waals surface area (Å²) < 4.78 is 8.00. The molecule has 25 heavy (non-hydrogen) atoms. The standard InChI is InChI=1S/C18H28N6O/c1-4-23(18-6-5-8-19-20-18)14-17-13-22(10-11-25-17)12-16-7-9-24(21-16)15(2)3/h5-9,15,17H,4,10-14H2,1-3H3/t17-/m0/s1. The van der Waals surface area contributed by atoms with Gasteiger partial charge in [-0.1, -0.05) is 0 Å². The predicted octanol–water partition coefficient (Wildman–Crippen LogP) is 1.98. The van der Waals surface area contributed by atoms with E-state index >= 15 is 0 Å². The van der Waals surface area contributed by atoms with Crippen molar-refractivity contribution in [3.8, 4) is 0 Å². The molecule has 0 aliphatic carbocycles. The molecule has 0 N–H and O–H groups in total. The SMILES string of the molecule is CCN(C[C@@H]1CN(Cc2ccn(C(C)C)n2)CCO1)c1cccnn1. The molecule has 0 saturated carbocycles. The van der Waals surface area contributed by atoms with E-state index < -0.39 is 0 Å². The van der Waals surface area contributed by atoms with Crippen molar-refractivity contribution in [2.24, 2.45) is 0 Å². The van der Waals surface area contributed by atoms with E-state index in [-0.39, 0.29) is 6.10 Å². The molecule has 7 nitrogen and oxygen atoms in total. The average molecular weight is 344 g/mol. The summed E-state index contributed by atoms with van der Waals surface area (Å²) in [5.41, 5.74) is 1.12. The quantitative estimate of drug-likeness (QED) is 0.765. The molecule has 1 atom stereocenters. The molecule has 7 heteroatoms. The first-order valence-electron chi connectivity index (χ1n) is 9.06. The topological polar surface area (TPSA) is 59.3 Å². The van der Waals surface area contributed by atoms with Crippen LogP contribution in [0.1, 0.15) is 32.5 Å². The fraction of sp³-hybridized carbons (Fsp3) is 0.611. The van der Waals surface area contributed by atoms with Gasteiger partial charge < -0.3 is 9.64 Å². The van der Waals surface area contributed by atoms with E-state index in [2.05, 4.69) is 58.1 Å². The molecule has 0 unspecified atom stereocenters. The van der Waals surface area contributed by atoms with Gasteiger partial charge in [0.2, 0.25) is 0 Å². The molecule has 1 fully saturated rings. The molecular weight excluding hydrogens is 316 g/mol. The third-order valence-electron chi connectivity index (χ3n) is 4.49. The number of ether oxygens (including phenoxy) is 1. The Balaban J connectivity index is 1.57. The molecule has 136 valence electrons. The lowest BCUT2D eigenvalue weighted by atomic mass is 10.2. The molecular formula is C18H28N6O. The van der Waals surface area contributed by atoms with E-state index in [9.17, 15) is 0 Å². The van der Waals surface area contributed by atoms with Crippen LogP contribution in [-0.2, 0) is 11.3 Å². The summed E-state index contributed by atoms with van der Waals surface area (Å²) in [5, 5.41) is 12.9. The van der Waals surface area contributed by atoms with Gasteiger partial charge >= 0.3 is 0 Å². The summed E-state index contributed by atoms with van der Waals surface area (Å²) in [6.07, 6.45) is 3.93. The number of likely N-dealkylation sites (N-methyl/N-ethyl adjacent to an activating group) is 1. The number of morpholine rings is 1. The van der Waals surface area contributed by atoms with E-state index in [0.29, 0.717) is 6.04 Å². The Morgan fingerprint density at radius 3 is 2.92 bits per heavy atom. The van der Waals surface area contributed by atoms with Gasteiger partial charge in [0, 0.05) is 51.2 Å². The van der Waals surface area contributed by atoms with Gasteiger partial charge in [-0.15, -0.1) is 5.10 Å². The Hall–Kier alpha value is -1.99. The molecule has 1 aliphatic heterocycles. The van der Waals surface area contributed by atoms with Crippen LogP contribution in [0.4, 0.5) is 5.82 Å². The third-order valence-corrected chi connectivity index (χ3v) is 4.49. The summed E-state index contributed by atoms with van der Waals surface area (Å²) in [6, 6.07) is 6.43. The normalized spacial score (nSPS) is 18.6. The van der Waals surface area contributed by atoms with Crippen molar-refractivity contribution in [3.63, 3.8) is 0 Å². The van der Waals surface area contributed by atoms with Crippen molar-refractivity contribution in [3.05, 3.63) is 36.3 Å². The second-order valence-electron chi connectivity index (χ2n) is 6.73.